The number of aromatic nitrogens is 1. The third kappa shape index (κ3) is 4.99. The molecular weight excluding hydrogens is 366 g/mol. The molecule has 2 aromatic carbocycles. The fourth-order valence-corrected chi connectivity index (χ4v) is 2.77. The fraction of sp³-hybridized carbons (Fsp3) is 0.174. The third-order valence-corrected chi connectivity index (χ3v) is 4.53. The van der Waals surface area contributed by atoms with Gasteiger partial charge < -0.3 is 15.4 Å². The van der Waals surface area contributed by atoms with Gasteiger partial charge in [0.05, 0.1) is 6.61 Å². The number of ether oxygens (including phenoxy) is 1. The Bertz CT molecular complexity index is 1030. The number of nitrogens with zero attached hydrogens (tertiary/aromatic N) is 1. The minimum Gasteiger partial charge on any atom is -0.494 e. The summed E-state index contributed by atoms with van der Waals surface area (Å²) in [6, 6.07) is 15.8. The number of aryl methyl sites for hydroxylation is 1. The third-order valence-electron chi connectivity index (χ3n) is 4.53. The zero-order chi connectivity index (χ0) is 20.8. The largest absolute Gasteiger partial charge is 0.494 e. The zero-order valence-corrected chi connectivity index (χ0v) is 16.7. The van der Waals surface area contributed by atoms with E-state index < -0.39 is 5.91 Å². The molecule has 1 aromatic heterocycles. The van der Waals surface area contributed by atoms with Crippen LogP contribution >= 0.6 is 0 Å². The number of amides is 2. The predicted octanol–water partition coefficient (Wildman–Crippen LogP) is 4.60. The van der Waals surface area contributed by atoms with Gasteiger partial charge in [0, 0.05) is 23.1 Å². The summed E-state index contributed by atoms with van der Waals surface area (Å²) in [6.45, 7) is 6.42. The Labute approximate surface area is 169 Å². The molecule has 0 radical (unpaired) electrons. The summed E-state index contributed by atoms with van der Waals surface area (Å²) >= 11 is 0. The highest BCUT2D eigenvalue weighted by Gasteiger charge is 2.13. The van der Waals surface area contributed by atoms with E-state index in [1.165, 1.54) is 12.3 Å². The van der Waals surface area contributed by atoms with Gasteiger partial charge in [-0.05, 0) is 74.4 Å². The quantitative estimate of drug-likeness (QED) is 0.646. The fourth-order valence-electron chi connectivity index (χ4n) is 2.77. The predicted molar refractivity (Wildman–Crippen MR) is 114 cm³/mol. The van der Waals surface area contributed by atoms with E-state index in [9.17, 15) is 9.59 Å². The van der Waals surface area contributed by atoms with Crippen molar-refractivity contribution < 1.29 is 14.3 Å². The summed E-state index contributed by atoms with van der Waals surface area (Å²) in [5.74, 6) is 0.0421. The monoisotopic (exact) mass is 389 g/mol. The van der Waals surface area contributed by atoms with Crippen molar-refractivity contribution in [3.05, 3.63) is 83.2 Å². The Morgan fingerprint density at radius 2 is 1.72 bits per heavy atom. The first-order chi connectivity index (χ1) is 14.0. The normalized spacial score (nSPS) is 10.3. The van der Waals surface area contributed by atoms with Crippen molar-refractivity contribution in [3.63, 3.8) is 0 Å². The van der Waals surface area contributed by atoms with Crippen LogP contribution in [0.3, 0.4) is 0 Å². The van der Waals surface area contributed by atoms with Gasteiger partial charge in [0.2, 0.25) is 0 Å². The Balaban J connectivity index is 1.71. The van der Waals surface area contributed by atoms with Crippen LogP contribution in [0, 0.1) is 13.8 Å². The molecule has 0 saturated heterocycles. The molecule has 2 amide bonds. The molecule has 0 aliphatic carbocycles. The van der Waals surface area contributed by atoms with Gasteiger partial charge in [0.1, 0.15) is 11.4 Å². The lowest BCUT2D eigenvalue weighted by molar-refractivity contribution is 0.102. The van der Waals surface area contributed by atoms with Gasteiger partial charge in [0.25, 0.3) is 11.8 Å². The van der Waals surface area contributed by atoms with Crippen LogP contribution in [0.5, 0.6) is 5.75 Å². The summed E-state index contributed by atoms with van der Waals surface area (Å²) in [5, 5.41) is 5.66. The van der Waals surface area contributed by atoms with Gasteiger partial charge >= 0.3 is 0 Å². The van der Waals surface area contributed by atoms with Crippen LogP contribution in [0.25, 0.3) is 0 Å². The van der Waals surface area contributed by atoms with Crippen molar-refractivity contribution in [2.45, 2.75) is 20.8 Å². The molecule has 6 heteroatoms. The van der Waals surface area contributed by atoms with Crippen molar-refractivity contribution in [1.29, 1.82) is 0 Å². The van der Waals surface area contributed by atoms with E-state index in [0.717, 1.165) is 22.6 Å². The van der Waals surface area contributed by atoms with E-state index in [1.807, 2.05) is 39.0 Å². The molecule has 6 nitrogen and oxygen atoms in total. The number of rotatable bonds is 6. The van der Waals surface area contributed by atoms with Crippen molar-refractivity contribution in [1.82, 2.24) is 4.98 Å². The molecule has 0 atom stereocenters. The maximum Gasteiger partial charge on any atom is 0.274 e. The van der Waals surface area contributed by atoms with Crippen LogP contribution in [0.15, 0.2) is 60.8 Å². The number of carbonyl (C=O) groups is 2. The second-order valence-electron chi connectivity index (χ2n) is 6.54. The van der Waals surface area contributed by atoms with Crippen LogP contribution < -0.4 is 15.4 Å². The highest BCUT2D eigenvalue weighted by atomic mass is 16.5. The van der Waals surface area contributed by atoms with Crippen LogP contribution in [0.2, 0.25) is 0 Å². The van der Waals surface area contributed by atoms with Gasteiger partial charge in [-0.1, -0.05) is 12.1 Å². The topological polar surface area (TPSA) is 80.3 Å². The maximum atomic E-state index is 12.6. The summed E-state index contributed by atoms with van der Waals surface area (Å²) < 4.78 is 5.39. The smallest absolute Gasteiger partial charge is 0.274 e. The molecule has 0 fully saturated rings. The van der Waals surface area contributed by atoms with Gasteiger partial charge in [0.15, 0.2) is 0 Å². The van der Waals surface area contributed by atoms with Crippen LogP contribution in [0.1, 0.15) is 38.9 Å². The Morgan fingerprint density at radius 1 is 0.966 bits per heavy atom. The average Bonchev–Trinajstić information content (AvgIpc) is 2.73. The van der Waals surface area contributed by atoms with E-state index in [1.54, 1.807) is 30.3 Å². The molecule has 3 aromatic rings. The van der Waals surface area contributed by atoms with E-state index in [0.29, 0.717) is 17.9 Å². The second kappa shape index (κ2) is 9.01. The number of carbonyl (C=O) groups excluding carboxylic acids is 2. The summed E-state index contributed by atoms with van der Waals surface area (Å²) in [4.78, 5) is 29.2. The minimum atomic E-state index is -0.393. The van der Waals surface area contributed by atoms with Crippen LogP contribution in [-0.4, -0.2) is 23.4 Å². The molecule has 148 valence electrons. The summed E-state index contributed by atoms with van der Waals surface area (Å²) in [5.41, 5.74) is 3.97. The first kappa shape index (κ1) is 20.1. The van der Waals surface area contributed by atoms with Gasteiger partial charge in [-0.15, -0.1) is 0 Å². The molecule has 1 heterocycles. The SMILES string of the molecule is CCOc1ccc(NC(=O)c2cc(C(=O)Nc3cccc(C)c3C)ccn2)cc1. The maximum absolute atomic E-state index is 12.6. The number of pyridine rings is 1. The van der Waals surface area contributed by atoms with E-state index in [-0.39, 0.29) is 11.6 Å². The first-order valence-electron chi connectivity index (χ1n) is 9.35. The molecule has 0 spiro atoms. The number of hydrogen-bond acceptors (Lipinski definition) is 4. The minimum absolute atomic E-state index is 0.160. The molecule has 0 aliphatic heterocycles. The summed E-state index contributed by atoms with van der Waals surface area (Å²) in [7, 11) is 0. The first-order valence-corrected chi connectivity index (χ1v) is 9.35. The number of benzene rings is 2. The lowest BCUT2D eigenvalue weighted by atomic mass is 10.1. The number of hydrogen-bond donors (Lipinski definition) is 2. The van der Waals surface area contributed by atoms with Crippen LogP contribution in [-0.2, 0) is 0 Å². The van der Waals surface area contributed by atoms with Crippen molar-refractivity contribution in [2.24, 2.45) is 0 Å². The number of anilines is 2. The van der Waals surface area contributed by atoms with Gasteiger partial charge in [-0.3, -0.25) is 14.6 Å². The van der Waals surface area contributed by atoms with Crippen molar-refractivity contribution >= 4 is 23.2 Å². The lowest BCUT2D eigenvalue weighted by Crippen LogP contribution is -2.17. The Morgan fingerprint density at radius 3 is 2.45 bits per heavy atom. The molecule has 0 aliphatic rings. The lowest BCUT2D eigenvalue weighted by Gasteiger charge is -2.11. The molecular formula is C23H23N3O3. The average molecular weight is 389 g/mol. The molecule has 3 rings (SSSR count). The highest BCUT2D eigenvalue weighted by molar-refractivity contribution is 6.08. The molecule has 0 unspecified atom stereocenters. The molecule has 0 bridgehead atoms. The summed E-state index contributed by atoms with van der Waals surface area (Å²) in [6.07, 6.45) is 1.45. The molecule has 29 heavy (non-hydrogen) atoms. The van der Waals surface area contributed by atoms with Crippen molar-refractivity contribution in [2.75, 3.05) is 17.2 Å². The zero-order valence-electron chi connectivity index (χ0n) is 16.7. The molecule has 0 saturated carbocycles. The Hall–Kier alpha value is -3.67. The molecule has 2 N–H and O–H groups in total. The van der Waals surface area contributed by atoms with Crippen LogP contribution in [0.4, 0.5) is 11.4 Å². The van der Waals surface area contributed by atoms with E-state index >= 15 is 0 Å². The van der Waals surface area contributed by atoms with E-state index in [4.69, 9.17) is 4.74 Å². The Kier molecular flexibility index (Phi) is 6.24. The van der Waals surface area contributed by atoms with E-state index in [2.05, 4.69) is 15.6 Å². The second-order valence-corrected chi connectivity index (χ2v) is 6.54. The standard InChI is InChI=1S/C23H23N3O3/c1-4-29-19-10-8-18(9-11-19)25-23(28)21-14-17(12-13-24-21)22(27)26-20-7-5-6-15(2)16(20)3/h5-14H,4H2,1-3H3,(H,25,28)(H,26,27). The highest BCUT2D eigenvalue weighted by Crippen LogP contribution is 2.19. The van der Waals surface area contributed by atoms with Gasteiger partial charge in [-0.25, -0.2) is 0 Å². The van der Waals surface area contributed by atoms with Crippen molar-refractivity contribution in [3.8, 4) is 5.75 Å². The van der Waals surface area contributed by atoms with Gasteiger partial charge in [-0.2, -0.15) is 0 Å². The number of nitrogens with one attached hydrogen (secondary N) is 2.